The normalized spacial score (nSPS) is 23.8. The predicted molar refractivity (Wildman–Crippen MR) is 75.6 cm³/mol. The highest BCUT2D eigenvalue weighted by atomic mass is 32.1. The summed E-state index contributed by atoms with van der Waals surface area (Å²) in [7, 11) is 0. The Morgan fingerprint density at radius 1 is 1.40 bits per heavy atom. The number of carboxylic acid groups (broad SMARTS) is 1. The van der Waals surface area contributed by atoms with Gasteiger partial charge in [0.05, 0.1) is 6.04 Å². The van der Waals surface area contributed by atoms with E-state index in [2.05, 4.69) is 5.32 Å². The SMILES string of the molecule is CC(C)C(NC(=O)[C@@H]1CC[C@H](C(=O)O)O1)c1cccs1. The summed E-state index contributed by atoms with van der Waals surface area (Å²) in [5.41, 5.74) is 0. The monoisotopic (exact) mass is 297 g/mol. The number of rotatable bonds is 5. The first-order valence-corrected chi connectivity index (χ1v) is 7.59. The van der Waals surface area contributed by atoms with Gasteiger partial charge in [0.15, 0.2) is 6.10 Å². The summed E-state index contributed by atoms with van der Waals surface area (Å²) in [6.45, 7) is 4.08. The van der Waals surface area contributed by atoms with E-state index in [1.165, 1.54) is 0 Å². The lowest BCUT2D eigenvalue weighted by Crippen LogP contribution is -2.39. The molecule has 5 nitrogen and oxygen atoms in total. The number of carbonyl (C=O) groups excluding carboxylic acids is 1. The molecule has 1 aliphatic heterocycles. The van der Waals surface area contributed by atoms with Crippen LogP contribution < -0.4 is 5.32 Å². The molecule has 0 saturated carbocycles. The second-order valence-electron chi connectivity index (χ2n) is 5.27. The number of carbonyl (C=O) groups is 2. The smallest absolute Gasteiger partial charge is 0.332 e. The molecule has 1 amide bonds. The summed E-state index contributed by atoms with van der Waals surface area (Å²) >= 11 is 1.60. The third-order valence-corrected chi connectivity index (χ3v) is 4.36. The molecular formula is C14H19NO4S. The minimum absolute atomic E-state index is 0.0602. The molecule has 3 atom stereocenters. The van der Waals surface area contributed by atoms with E-state index in [0.29, 0.717) is 12.8 Å². The molecule has 0 aliphatic carbocycles. The minimum Gasteiger partial charge on any atom is -0.479 e. The number of carboxylic acids is 1. The fraction of sp³-hybridized carbons (Fsp3) is 0.571. The molecule has 1 unspecified atom stereocenters. The van der Waals surface area contributed by atoms with Gasteiger partial charge in [0, 0.05) is 4.88 Å². The van der Waals surface area contributed by atoms with Crippen LogP contribution in [0.2, 0.25) is 0 Å². The van der Waals surface area contributed by atoms with Gasteiger partial charge in [0.25, 0.3) is 0 Å². The number of hydrogen-bond acceptors (Lipinski definition) is 4. The number of aliphatic carboxylic acids is 1. The highest BCUT2D eigenvalue weighted by molar-refractivity contribution is 7.10. The van der Waals surface area contributed by atoms with Crippen molar-refractivity contribution in [3.8, 4) is 0 Å². The van der Waals surface area contributed by atoms with Gasteiger partial charge >= 0.3 is 5.97 Å². The van der Waals surface area contributed by atoms with Crippen LogP contribution in [0.1, 0.15) is 37.6 Å². The summed E-state index contributed by atoms with van der Waals surface area (Å²) in [6.07, 6.45) is -0.668. The van der Waals surface area contributed by atoms with Gasteiger partial charge in [-0.3, -0.25) is 4.79 Å². The first-order chi connectivity index (χ1) is 9.49. The van der Waals surface area contributed by atoms with Crippen molar-refractivity contribution in [2.75, 3.05) is 0 Å². The second kappa shape index (κ2) is 6.37. The van der Waals surface area contributed by atoms with Gasteiger partial charge < -0.3 is 15.2 Å². The summed E-state index contributed by atoms with van der Waals surface area (Å²) in [6, 6.07) is 3.88. The van der Waals surface area contributed by atoms with Crippen LogP contribution in [0.15, 0.2) is 17.5 Å². The fourth-order valence-corrected chi connectivity index (χ4v) is 3.24. The number of nitrogens with one attached hydrogen (secondary N) is 1. The molecule has 20 heavy (non-hydrogen) atoms. The summed E-state index contributed by atoms with van der Waals surface area (Å²) in [5, 5.41) is 13.8. The van der Waals surface area contributed by atoms with E-state index < -0.39 is 18.2 Å². The molecule has 110 valence electrons. The Morgan fingerprint density at radius 3 is 2.60 bits per heavy atom. The van der Waals surface area contributed by atoms with Crippen LogP contribution >= 0.6 is 11.3 Å². The molecule has 1 fully saturated rings. The average Bonchev–Trinajstić information content (AvgIpc) is 3.05. The van der Waals surface area contributed by atoms with Crippen LogP contribution in [0.5, 0.6) is 0 Å². The van der Waals surface area contributed by atoms with Crippen LogP contribution in [0.3, 0.4) is 0 Å². The molecule has 1 saturated heterocycles. The van der Waals surface area contributed by atoms with E-state index in [1.54, 1.807) is 11.3 Å². The minimum atomic E-state index is -1.00. The molecule has 0 aromatic carbocycles. The zero-order valence-corrected chi connectivity index (χ0v) is 12.4. The maximum absolute atomic E-state index is 12.2. The lowest BCUT2D eigenvalue weighted by atomic mass is 10.0. The molecule has 2 rings (SSSR count). The second-order valence-corrected chi connectivity index (χ2v) is 6.25. The Balaban J connectivity index is 1.98. The molecule has 1 aromatic rings. The zero-order chi connectivity index (χ0) is 14.7. The van der Waals surface area contributed by atoms with Crippen molar-refractivity contribution >= 4 is 23.2 Å². The van der Waals surface area contributed by atoms with E-state index >= 15 is 0 Å². The highest BCUT2D eigenvalue weighted by Crippen LogP contribution is 2.27. The lowest BCUT2D eigenvalue weighted by Gasteiger charge is -2.23. The van der Waals surface area contributed by atoms with E-state index in [1.807, 2.05) is 31.4 Å². The van der Waals surface area contributed by atoms with E-state index in [-0.39, 0.29) is 17.9 Å². The third kappa shape index (κ3) is 3.37. The standard InChI is InChI=1S/C14H19NO4S/c1-8(2)12(11-4-3-7-20-11)15-13(16)9-5-6-10(19-9)14(17)18/h3-4,7-10,12H,5-6H2,1-2H3,(H,15,16)(H,17,18)/t9-,10+,12?/m0/s1. The van der Waals surface area contributed by atoms with Gasteiger partial charge in [-0.15, -0.1) is 11.3 Å². The first-order valence-electron chi connectivity index (χ1n) is 6.71. The molecule has 0 radical (unpaired) electrons. The van der Waals surface area contributed by atoms with Gasteiger partial charge in [-0.05, 0) is 30.2 Å². The summed E-state index contributed by atoms with van der Waals surface area (Å²) in [4.78, 5) is 24.1. The Bertz CT molecular complexity index is 472. The number of amides is 1. The maximum atomic E-state index is 12.2. The molecule has 0 bridgehead atoms. The topological polar surface area (TPSA) is 75.6 Å². The van der Waals surface area contributed by atoms with Crippen LogP contribution in [0.25, 0.3) is 0 Å². The van der Waals surface area contributed by atoms with Crippen LogP contribution in [0.4, 0.5) is 0 Å². The van der Waals surface area contributed by atoms with Gasteiger partial charge in [-0.25, -0.2) is 4.79 Å². The fourth-order valence-electron chi connectivity index (χ4n) is 2.29. The van der Waals surface area contributed by atoms with Gasteiger partial charge in [-0.1, -0.05) is 19.9 Å². The zero-order valence-electron chi connectivity index (χ0n) is 11.5. The quantitative estimate of drug-likeness (QED) is 0.873. The number of hydrogen-bond donors (Lipinski definition) is 2. The van der Waals surface area contributed by atoms with E-state index in [0.717, 1.165) is 4.88 Å². The van der Waals surface area contributed by atoms with Crippen LogP contribution in [-0.2, 0) is 14.3 Å². The highest BCUT2D eigenvalue weighted by Gasteiger charge is 2.35. The van der Waals surface area contributed by atoms with Gasteiger partial charge in [0.2, 0.25) is 5.91 Å². The van der Waals surface area contributed by atoms with Crippen molar-refractivity contribution in [2.24, 2.45) is 5.92 Å². The summed E-state index contributed by atoms with van der Waals surface area (Å²) in [5.74, 6) is -0.964. The molecule has 2 heterocycles. The predicted octanol–water partition coefficient (Wildman–Crippen LogP) is 2.19. The maximum Gasteiger partial charge on any atom is 0.332 e. The number of thiophene rings is 1. The Kier molecular flexibility index (Phi) is 4.77. The molecule has 6 heteroatoms. The molecular weight excluding hydrogens is 278 g/mol. The van der Waals surface area contributed by atoms with Crippen molar-refractivity contribution in [1.29, 1.82) is 0 Å². The van der Waals surface area contributed by atoms with E-state index in [4.69, 9.17) is 9.84 Å². The summed E-state index contributed by atoms with van der Waals surface area (Å²) < 4.78 is 5.27. The Labute approximate surface area is 121 Å². The van der Waals surface area contributed by atoms with Crippen molar-refractivity contribution in [1.82, 2.24) is 5.32 Å². The average molecular weight is 297 g/mol. The largest absolute Gasteiger partial charge is 0.479 e. The van der Waals surface area contributed by atoms with Crippen molar-refractivity contribution in [3.63, 3.8) is 0 Å². The number of ether oxygens (including phenoxy) is 1. The molecule has 1 aromatic heterocycles. The molecule has 2 N–H and O–H groups in total. The van der Waals surface area contributed by atoms with Crippen molar-refractivity contribution in [2.45, 2.75) is 44.9 Å². The first kappa shape index (κ1) is 15.0. The Hall–Kier alpha value is -1.40. The van der Waals surface area contributed by atoms with Crippen molar-refractivity contribution < 1.29 is 19.4 Å². The van der Waals surface area contributed by atoms with Crippen molar-refractivity contribution in [3.05, 3.63) is 22.4 Å². The third-order valence-electron chi connectivity index (χ3n) is 3.40. The molecule has 1 aliphatic rings. The van der Waals surface area contributed by atoms with Gasteiger partial charge in [-0.2, -0.15) is 0 Å². The van der Waals surface area contributed by atoms with Crippen LogP contribution in [-0.4, -0.2) is 29.2 Å². The van der Waals surface area contributed by atoms with Gasteiger partial charge in [0.1, 0.15) is 6.10 Å². The Morgan fingerprint density at radius 2 is 2.10 bits per heavy atom. The lowest BCUT2D eigenvalue weighted by molar-refractivity contribution is -0.152. The van der Waals surface area contributed by atoms with Crippen LogP contribution in [0, 0.1) is 5.92 Å². The molecule has 0 spiro atoms. The van der Waals surface area contributed by atoms with E-state index in [9.17, 15) is 9.59 Å².